The van der Waals surface area contributed by atoms with Crippen molar-refractivity contribution in [2.24, 2.45) is 7.05 Å². The Hall–Kier alpha value is -3.12. The van der Waals surface area contributed by atoms with Crippen LogP contribution in [0.3, 0.4) is 0 Å². The first-order chi connectivity index (χ1) is 11.6. The molecule has 0 saturated carbocycles. The number of nitrogens with zero attached hydrogens (tertiary/aromatic N) is 3. The first-order valence-electron chi connectivity index (χ1n) is 7.51. The zero-order valence-electron chi connectivity index (χ0n) is 13.0. The summed E-state index contributed by atoms with van der Waals surface area (Å²) < 4.78 is 3.25. The van der Waals surface area contributed by atoms with Crippen LogP contribution < -0.4 is 5.56 Å². The Kier molecular flexibility index (Phi) is 3.14. The smallest absolute Gasteiger partial charge is 0.283 e. The minimum Gasteiger partial charge on any atom is -0.508 e. The van der Waals surface area contributed by atoms with Gasteiger partial charge in [-0.25, -0.2) is 4.98 Å². The number of rotatable bonds is 2. The molecule has 0 bridgehead atoms. The Labute approximate surface area is 136 Å². The van der Waals surface area contributed by atoms with E-state index in [4.69, 9.17) is 0 Å². The second kappa shape index (κ2) is 5.21. The predicted octanol–water partition coefficient (Wildman–Crippen LogP) is 2.08. The molecular weight excluding hydrogens is 306 g/mol. The number of aromatic hydroxyl groups is 1. The van der Waals surface area contributed by atoms with Crippen molar-refractivity contribution in [3.05, 3.63) is 64.7 Å². The summed E-state index contributed by atoms with van der Waals surface area (Å²) in [5.74, 6) is 0.498. The van der Waals surface area contributed by atoms with Gasteiger partial charge in [-0.15, -0.1) is 0 Å². The number of phenols is 1. The maximum absolute atomic E-state index is 13.1. The molecule has 0 radical (unpaired) electrons. The van der Waals surface area contributed by atoms with Gasteiger partial charge in [0.15, 0.2) is 5.52 Å². The highest BCUT2D eigenvalue weighted by molar-refractivity contribution is 6.03. The molecule has 0 saturated heterocycles. The topological polar surface area (TPSA) is 80.3 Å². The van der Waals surface area contributed by atoms with Gasteiger partial charge in [-0.05, 0) is 24.3 Å². The van der Waals surface area contributed by atoms with Gasteiger partial charge < -0.3 is 14.8 Å². The van der Waals surface area contributed by atoms with E-state index in [0.717, 1.165) is 5.39 Å². The van der Waals surface area contributed by atoms with Crippen LogP contribution in [0.25, 0.3) is 27.6 Å². The normalized spacial score (nSPS) is 11.4. The van der Waals surface area contributed by atoms with Crippen LogP contribution >= 0.6 is 0 Å². The highest BCUT2D eigenvalue weighted by Crippen LogP contribution is 2.28. The number of aliphatic hydroxyl groups excluding tert-OH is 1. The number of hydrogen-bond donors (Lipinski definition) is 2. The lowest BCUT2D eigenvalue weighted by atomic mass is 10.1. The predicted molar refractivity (Wildman–Crippen MR) is 91.4 cm³/mol. The largest absolute Gasteiger partial charge is 0.508 e. The third kappa shape index (κ3) is 1.93. The summed E-state index contributed by atoms with van der Waals surface area (Å²) in [7, 11) is 1.76. The van der Waals surface area contributed by atoms with Crippen molar-refractivity contribution in [3.8, 4) is 11.4 Å². The minimum absolute atomic E-state index is 0.0791. The summed E-state index contributed by atoms with van der Waals surface area (Å²) >= 11 is 0. The zero-order chi connectivity index (χ0) is 16.8. The zero-order valence-corrected chi connectivity index (χ0v) is 13.0. The number of fused-ring (bicyclic) bond motifs is 3. The van der Waals surface area contributed by atoms with Crippen LogP contribution in [0.15, 0.2) is 53.3 Å². The molecule has 24 heavy (non-hydrogen) atoms. The lowest BCUT2D eigenvalue weighted by molar-refractivity contribution is 0.268. The van der Waals surface area contributed by atoms with Crippen LogP contribution in [0.4, 0.5) is 0 Å². The first kappa shape index (κ1) is 14.5. The van der Waals surface area contributed by atoms with E-state index >= 15 is 0 Å². The molecule has 6 nitrogen and oxygen atoms in total. The third-order valence-corrected chi connectivity index (χ3v) is 4.23. The summed E-state index contributed by atoms with van der Waals surface area (Å²) in [4.78, 5) is 17.4. The van der Waals surface area contributed by atoms with Gasteiger partial charge in [-0.2, -0.15) is 0 Å². The Balaban J connectivity index is 2.28. The van der Waals surface area contributed by atoms with E-state index in [0.29, 0.717) is 28.1 Å². The lowest BCUT2D eigenvalue weighted by Gasteiger charge is -2.12. The molecule has 120 valence electrons. The summed E-state index contributed by atoms with van der Waals surface area (Å²) in [5.41, 5.74) is 1.93. The van der Waals surface area contributed by atoms with Crippen molar-refractivity contribution in [2.45, 2.75) is 6.61 Å². The number of aryl methyl sites for hydroxylation is 1. The minimum atomic E-state index is -0.287. The van der Waals surface area contributed by atoms with Gasteiger partial charge in [0.1, 0.15) is 18.2 Å². The van der Waals surface area contributed by atoms with E-state index in [2.05, 4.69) is 4.98 Å². The molecule has 0 aliphatic rings. The summed E-state index contributed by atoms with van der Waals surface area (Å²) in [6.45, 7) is -0.254. The van der Waals surface area contributed by atoms with Crippen LogP contribution in [0.1, 0.15) is 5.82 Å². The monoisotopic (exact) mass is 321 g/mol. The molecule has 4 rings (SSSR count). The van der Waals surface area contributed by atoms with Crippen LogP contribution in [0.2, 0.25) is 0 Å². The Morgan fingerprint density at radius 2 is 1.88 bits per heavy atom. The summed E-state index contributed by atoms with van der Waals surface area (Å²) in [6, 6.07) is 14.1. The maximum Gasteiger partial charge on any atom is 0.283 e. The van der Waals surface area contributed by atoms with Gasteiger partial charge in [-0.3, -0.25) is 9.36 Å². The SMILES string of the molecule is Cn1c(CO)nc2c(=O)n(-c3ccccc3)c3cc(O)ccc3c21. The average Bonchev–Trinajstić information content (AvgIpc) is 2.93. The highest BCUT2D eigenvalue weighted by atomic mass is 16.3. The van der Waals surface area contributed by atoms with E-state index in [1.165, 1.54) is 4.57 Å². The molecule has 2 heterocycles. The van der Waals surface area contributed by atoms with E-state index in [-0.39, 0.29) is 17.9 Å². The number of para-hydroxylation sites is 1. The van der Waals surface area contributed by atoms with Crippen molar-refractivity contribution >= 4 is 21.9 Å². The van der Waals surface area contributed by atoms with Crippen molar-refractivity contribution < 1.29 is 10.2 Å². The molecule has 0 amide bonds. The molecule has 6 heteroatoms. The lowest BCUT2D eigenvalue weighted by Crippen LogP contribution is -2.19. The molecule has 2 aromatic carbocycles. The van der Waals surface area contributed by atoms with Gasteiger partial charge in [-0.1, -0.05) is 18.2 Å². The number of phenolic OH excluding ortho intramolecular Hbond substituents is 1. The average molecular weight is 321 g/mol. The standard InChI is InChI=1S/C18H15N3O3/c1-20-15(10-22)19-16-17(20)13-8-7-12(23)9-14(13)21(18(16)24)11-5-3-2-4-6-11/h2-9,22-23H,10H2,1H3. The maximum atomic E-state index is 13.1. The van der Waals surface area contributed by atoms with Crippen LogP contribution in [0, 0.1) is 0 Å². The molecule has 2 N–H and O–H groups in total. The van der Waals surface area contributed by atoms with Crippen molar-refractivity contribution in [1.82, 2.24) is 14.1 Å². The number of aromatic nitrogens is 3. The fourth-order valence-corrected chi connectivity index (χ4v) is 3.10. The van der Waals surface area contributed by atoms with Crippen molar-refractivity contribution in [2.75, 3.05) is 0 Å². The van der Waals surface area contributed by atoms with E-state index in [9.17, 15) is 15.0 Å². The fraction of sp³-hybridized carbons (Fsp3) is 0.111. The molecule has 0 atom stereocenters. The van der Waals surface area contributed by atoms with Gasteiger partial charge >= 0.3 is 0 Å². The molecule has 0 aliphatic heterocycles. The van der Waals surface area contributed by atoms with Crippen LogP contribution in [0.5, 0.6) is 5.75 Å². The molecule has 0 unspecified atom stereocenters. The van der Waals surface area contributed by atoms with Crippen LogP contribution in [-0.2, 0) is 13.7 Å². The molecule has 0 aliphatic carbocycles. The number of imidazole rings is 1. The molecule has 0 fully saturated rings. The molecular formula is C18H15N3O3. The Morgan fingerprint density at radius 1 is 1.12 bits per heavy atom. The van der Waals surface area contributed by atoms with Gasteiger partial charge in [0.2, 0.25) is 0 Å². The number of benzene rings is 2. The molecule has 2 aromatic heterocycles. The van der Waals surface area contributed by atoms with Gasteiger partial charge in [0.25, 0.3) is 5.56 Å². The summed E-state index contributed by atoms with van der Waals surface area (Å²) in [5, 5.41) is 20.2. The second-order valence-corrected chi connectivity index (χ2v) is 5.62. The molecule has 4 aromatic rings. The number of hydrogen-bond acceptors (Lipinski definition) is 4. The van der Waals surface area contributed by atoms with Crippen molar-refractivity contribution in [1.29, 1.82) is 0 Å². The van der Waals surface area contributed by atoms with Gasteiger partial charge in [0, 0.05) is 24.2 Å². The number of pyridine rings is 1. The van der Waals surface area contributed by atoms with E-state index < -0.39 is 0 Å². The quantitative estimate of drug-likeness (QED) is 0.592. The number of aliphatic hydroxyl groups is 1. The molecule has 0 spiro atoms. The third-order valence-electron chi connectivity index (χ3n) is 4.23. The first-order valence-corrected chi connectivity index (χ1v) is 7.51. The Bertz CT molecular complexity index is 1130. The second-order valence-electron chi connectivity index (χ2n) is 5.62. The van der Waals surface area contributed by atoms with Crippen LogP contribution in [-0.4, -0.2) is 24.3 Å². The van der Waals surface area contributed by atoms with E-state index in [1.54, 1.807) is 29.8 Å². The van der Waals surface area contributed by atoms with E-state index in [1.807, 2.05) is 30.3 Å². The summed E-state index contributed by atoms with van der Waals surface area (Å²) in [6.07, 6.45) is 0. The van der Waals surface area contributed by atoms with Gasteiger partial charge in [0.05, 0.1) is 11.0 Å². The highest BCUT2D eigenvalue weighted by Gasteiger charge is 2.18. The fourth-order valence-electron chi connectivity index (χ4n) is 3.10. The Morgan fingerprint density at radius 3 is 2.58 bits per heavy atom. The van der Waals surface area contributed by atoms with Crippen molar-refractivity contribution in [3.63, 3.8) is 0 Å².